The zero-order valence-corrected chi connectivity index (χ0v) is 15.8. The van der Waals surface area contributed by atoms with E-state index in [0.717, 1.165) is 5.56 Å². The van der Waals surface area contributed by atoms with Gasteiger partial charge < -0.3 is 4.90 Å². The van der Waals surface area contributed by atoms with Crippen LogP contribution in [0, 0.1) is 6.92 Å². The van der Waals surface area contributed by atoms with Gasteiger partial charge in [-0.25, -0.2) is 13.1 Å². The molecule has 1 aromatic heterocycles. The van der Waals surface area contributed by atoms with Crippen LogP contribution >= 0.6 is 11.3 Å². The number of thiophene rings is 1. The SMILES string of the molecule is Cc1sccc1CC(=O)N1CCC(NS(=O)(=O)c2ccccc2)CC1. The number of carbonyl (C=O) groups is 1. The van der Waals surface area contributed by atoms with Gasteiger partial charge >= 0.3 is 0 Å². The Hall–Kier alpha value is -1.70. The molecular formula is C18H22N2O3S2. The van der Waals surface area contributed by atoms with Gasteiger partial charge in [0.25, 0.3) is 0 Å². The quantitative estimate of drug-likeness (QED) is 0.870. The number of nitrogens with zero attached hydrogens (tertiary/aromatic N) is 1. The Morgan fingerprint density at radius 3 is 2.48 bits per heavy atom. The second-order valence-corrected chi connectivity index (χ2v) is 9.10. The fraction of sp³-hybridized carbons (Fsp3) is 0.389. The van der Waals surface area contributed by atoms with E-state index in [1.54, 1.807) is 41.7 Å². The summed E-state index contributed by atoms with van der Waals surface area (Å²) in [4.78, 5) is 15.7. The standard InChI is InChI=1S/C18H22N2O3S2/c1-14-15(9-12-24-14)13-18(21)20-10-7-16(8-11-20)19-25(22,23)17-5-3-2-4-6-17/h2-6,9,12,16,19H,7-8,10-11,13H2,1H3. The largest absolute Gasteiger partial charge is 0.342 e. The third kappa shape index (κ3) is 4.48. The molecule has 5 nitrogen and oxygen atoms in total. The lowest BCUT2D eigenvalue weighted by Gasteiger charge is -2.32. The smallest absolute Gasteiger partial charge is 0.240 e. The maximum atomic E-state index is 12.4. The molecule has 1 amide bonds. The third-order valence-electron chi connectivity index (χ3n) is 4.53. The molecule has 1 aliphatic heterocycles. The van der Waals surface area contributed by atoms with E-state index < -0.39 is 10.0 Å². The molecule has 1 saturated heterocycles. The van der Waals surface area contributed by atoms with E-state index >= 15 is 0 Å². The average molecular weight is 379 g/mol. The van der Waals surface area contributed by atoms with Gasteiger partial charge in [-0.3, -0.25) is 4.79 Å². The van der Waals surface area contributed by atoms with Crippen LogP contribution in [0.4, 0.5) is 0 Å². The lowest BCUT2D eigenvalue weighted by Crippen LogP contribution is -2.46. The van der Waals surface area contributed by atoms with Crippen LogP contribution in [-0.4, -0.2) is 38.4 Å². The number of hydrogen-bond donors (Lipinski definition) is 1. The van der Waals surface area contributed by atoms with Crippen molar-refractivity contribution in [1.82, 2.24) is 9.62 Å². The van der Waals surface area contributed by atoms with Crippen molar-refractivity contribution in [2.24, 2.45) is 0 Å². The van der Waals surface area contributed by atoms with Gasteiger partial charge in [-0.05, 0) is 48.9 Å². The Balaban J connectivity index is 1.53. The molecule has 2 heterocycles. The van der Waals surface area contributed by atoms with Crippen molar-refractivity contribution >= 4 is 27.3 Å². The van der Waals surface area contributed by atoms with E-state index in [9.17, 15) is 13.2 Å². The molecule has 0 unspecified atom stereocenters. The molecule has 0 aliphatic carbocycles. The summed E-state index contributed by atoms with van der Waals surface area (Å²) in [5, 5.41) is 2.00. The van der Waals surface area contributed by atoms with E-state index in [1.807, 2.05) is 23.3 Å². The molecule has 0 bridgehead atoms. The Kier molecular flexibility index (Phi) is 5.56. The van der Waals surface area contributed by atoms with Crippen molar-refractivity contribution in [2.45, 2.75) is 37.1 Å². The van der Waals surface area contributed by atoms with Gasteiger partial charge in [-0.1, -0.05) is 18.2 Å². The van der Waals surface area contributed by atoms with Gasteiger partial charge in [-0.2, -0.15) is 0 Å². The molecular weight excluding hydrogens is 356 g/mol. The number of benzene rings is 1. The summed E-state index contributed by atoms with van der Waals surface area (Å²) >= 11 is 1.65. The van der Waals surface area contributed by atoms with Gasteiger partial charge in [0.1, 0.15) is 0 Å². The topological polar surface area (TPSA) is 66.5 Å². The molecule has 2 aromatic rings. The molecule has 0 spiro atoms. The highest BCUT2D eigenvalue weighted by Gasteiger charge is 2.26. The van der Waals surface area contributed by atoms with Crippen molar-refractivity contribution < 1.29 is 13.2 Å². The van der Waals surface area contributed by atoms with Crippen molar-refractivity contribution in [3.05, 3.63) is 52.2 Å². The van der Waals surface area contributed by atoms with Crippen LogP contribution < -0.4 is 4.72 Å². The second kappa shape index (κ2) is 7.68. The van der Waals surface area contributed by atoms with Crippen LogP contribution in [0.2, 0.25) is 0 Å². The van der Waals surface area contributed by atoms with Crippen molar-refractivity contribution in [3.8, 4) is 0 Å². The Bertz CT molecular complexity index is 823. The molecule has 0 radical (unpaired) electrons. The molecule has 1 aromatic carbocycles. The average Bonchev–Trinajstić information content (AvgIpc) is 3.01. The Labute approximate surface area is 152 Å². The first-order valence-corrected chi connectivity index (χ1v) is 10.7. The summed E-state index contributed by atoms with van der Waals surface area (Å²) in [5.74, 6) is 0.117. The van der Waals surface area contributed by atoms with Crippen LogP contribution in [0.5, 0.6) is 0 Å². The number of rotatable bonds is 5. The highest BCUT2D eigenvalue weighted by molar-refractivity contribution is 7.89. The van der Waals surface area contributed by atoms with Gasteiger partial charge in [0.15, 0.2) is 0 Å². The minimum absolute atomic E-state index is 0.117. The van der Waals surface area contributed by atoms with Gasteiger partial charge in [0.05, 0.1) is 11.3 Å². The highest BCUT2D eigenvalue weighted by Crippen LogP contribution is 2.19. The summed E-state index contributed by atoms with van der Waals surface area (Å²) in [6.45, 7) is 3.20. The minimum Gasteiger partial charge on any atom is -0.342 e. The molecule has 0 atom stereocenters. The van der Waals surface area contributed by atoms with Crippen LogP contribution in [0.1, 0.15) is 23.3 Å². The summed E-state index contributed by atoms with van der Waals surface area (Å²) in [7, 11) is -3.50. The minimum atomic E-state index is -3.50. The number of piperidine rings is 1. The summed E-state index contributed by atoms with van der Waals surface area (Å²) in [6, 6.07) is 10.3. The molecule has 3 rings (SSSR count). The molecule has 1 aliphatic rings. The highest BCUT2D eigenvalue weighted by atomic mass is 32.2. The maximum Gasteiger partial charge on any atom is 0.240 e. The van der Waals surface area contributed by atoms with Crippen molar-refractivity contribution in [3.63, 3.8) is 0 Å². The number of carbonyl (C=O) groups excluding carboxylic acids is 1. The summed E-state index contributed by atoms with van der Waals surface area (Å²) in [6.07, 6.45) is 1.70. The number of amides is 1. The fourth-order valence-corrected chi connectivity index (χ4v) is 5.06. The zero-order valence-electron chi connectivity index (χ0n) is 14.1. The second-order valence-electron chi connectivity index (χ2n) is 6.27. The first-order valence-electron chi connectivity index (χ1n) is 8.34. The predicted octanol–water partition coefficient (Wildman–Crippen LogP) is 2.57. The number of aryl methyl sites for hydroxylation is 1. The van der Waals surface area contributed by atoms with E-state index in [4.69, 9.17) is 0 Å². The predicted molar refractivity (Wildman–Crippen MR) is 99.1 cm³/mol. The van der Waals surface area contributed by atoms with Crippen molar-refractivity contribution in [1.29, 1.82) is 0 Å². The van der Waals surface area contributed by atoms with Gasteiger partial charge in [-0.15, -0.1) is 11.3 Å². The van der Waals surface area contributed by atoms with Crippen LogP contribution in [0.25, 0.3) is 0 Å². The Morgan fingerprint density at radius 1 is 1.20 bits per heavy atom. The normalized spacial score (nSPS) is 16.1. The van der Waals surface area contributed by atoms with Gasteiger partial charge in [0.2, 0.25) is 15.9 Å². The molecule has 25 heavy (non-hydrogen) atoms. The molecule has 1 N–H and O–H groups in total. The fourth-order valence-electron chi connectivity index (χ4n) is 3.00. The first-order chi connectivity index (χ1) is 12.0. The zero-order chi connectivity index (χ0) is 17.9. The number of likely N-dealkylation sites (tertiary alicyclic amines) is 1. The van der Waals surface area contributed by atoms with Crippen LogP contribution in [0.3, 0.4) is 0 Å². The summed E-state index contributed by atoms with van der Waals surface area (Å²) in [5.41, 5.74) is 1.09. The van der Waals surface area contributed by atoms with E-state index in [-0.39, 0.29) is 16.8 Å². The third-order valence-corrected chi connectivity index (χ3v) is 6.96. The van der Waals surface area contributed by atoms with Gasteiger partial charge in [0, 0.05) is 24.0 Å². The van der Waals surface area contributed by atoms with Crippen LogP contribution in [-0.2, 0) is 21.2 Å². The summed E-state index contributed by atoms with van der Waals surface area (Å²) < 4.78 is 27.5. The lowest BCUT2D eigenvalue weighted by atomic mass is 10.0. The number of hydrogen-bond acceptors (Lipinski definition) is 4. The molecule has 0 saturated carbocycles. The first kappa shape index (κ1) is 18.1. The number of sulfonamides is 1. The van der Waals surface area contributed by atoms with Crippen molar-refractivity contribution in [2.75, 3.05) is 13.1 Å². The Morgan fingerprint density at radius 2 is 1.88 bits per heavy atom. The maximum absolute atomic E-state index is 12.4. The van der Waals surface area contributed by atoms with Crippen LogP contribution in [0.15, 0.2) is 46.7 Å². The van der Waals surface area contributed by atoms with E-state index in [0.29, 0.717) is 32.4 Å². The number of nitrogens with one attached hydrogen (secondary N) is 1. The lowest BCUT2D eigenvalue weighted by molar-refractivity contribution is -0.131. The van der Waals surface area contributed by atoms with E-state index in [2.05, 4.69) is 4.72 Å². The monoisotopic (exact) mass is 378 g/mol. The molecule has 1 fully saturated rings. The van der Waals surface area contributed by atoms with E-state index in [1.165, 1.54) is 4.88 Å². The molecule has 134 valence electrons. The molecule has 7 heteroatoms.